The van der Waals surface area contributed by atoms with Crippen molar-refractivity contribution in [1.29, 1.82) is 0 Å². The average Bonchev–Trinajstić information content (AvgIpc) is 2.00. The van der Waals surface area contributed by atoms with Gasteiger partial charge in [0.05, 0.1) is 0 Å². The minimum atomic E-state index is -0.0872. The van der Waals surface area contributed by atoms with Gasteiger partial charge >= 0.3 is 5.97 Å². The monoisotopic (exact) mass is 172 g/mol. The van der Waals surface area contributed by atoms with Gasteiger partial charge in [-0.2, -0.15) is 0 Å². The van der Waals surface area contributed by atoms with E-state index in [1.54, 1.807) is 7.11 Å². The summed E-state index contributed by atoms with van der Waals surface area (Å²) < 4.78 is 10.1. The van der Waals surface area contributed by atoms with E-state index in [0.29, 0.717) is 12.3 Å². The molecule has 3 heteroatoms. The summed E-state index contributed by atoms with van der Waals surface area (Å²) in [5.74, 6) is 0.514. The second-order valence-corrected chi connectivity index (χ2v) is 3.26. The number of carbonyl (C=O) groups excluding carboxylic acids is 1. The minimum absolute atomic E-state index is 0.0872. The number of hydrogen-bond donors (Lipinski definition) is 0. The van der Waals surface area contributed by atoms with Crippen LogP contribution in [0.4, 0.5) is 0 Å². The van der Waals surface area contributed by atoms with E-state index in [1.807, 2.05) is 6.92 Å². The Morgan fingerprint density at radius 1 is 1.50 bits per heavy atom. The zero-order valence-electron chi connectivity index (χ0n) is 7.71. The zero-order valence-corrected chi connectivity index (χ0v) is 7.71. The first kappa shape index (κ1) is 9.52. The van der Waals surface area contributed by atoms with Crippen LogP contribution in [0.25, 0.3) is 0 Å². The lowest BCUT2D eigenvalue weighted by Crippen LogP contribution is -2.35. The molecular weight excluding hydrogens is 156 g/mol. The molecule has 0 aromatic carbocycles. The van der Waals surface area contributed by atoms with E-state index in [2.05, 4.69) is 0 Å². The van der Waals surface area contributed by atoms with Crippen LogP contribution >= 0.6 is 0 Å². The molecule has 0 saturated heterocycles. The lowest BCUT2D eigenvalue weighted by molar-refractivity contribution is -0.156. The normalized spacial score (nSPS) is 27.8. The van der Waals surface area contributed by atoms with E-state index in [4.69, 9.17) is 9.47 Å². The molecule has 1 aliphatic rings. The largest absolute Gasteiger partial charge is 0.462 e. The van der Waals surface area contributed by atoms with Crippen molar-refractivity contribution in [2.45, 2.75) is 32.3 Å². The third-order valence-electron chi connectivity index (χ3n) is 2.18. The predicted molar refractivity (Wildman–Crippen MR) is 44.8 cm³/mol. The number of carbonyl (C=O) groups is 1. The van der Waals surface area contributed by atoms with E-state index in [9.17, 15) is 4.79 Å². The standard InChI is InChI=1S/C9H16O3/c1-3-9(10)12-8-4-7(5-8)6-11-2/h7-8H,3-6H2,1-2H3. The lowest BCUT2D eigenvalue weighted by atomic mass is 9.83. The molecule has 0 N–H and O–H groups in total. The molecule has 1 aliphatic carbocycles. The highest BCUT2D eigenvalue weighted by Crippen LogP contribution is 2.30. The van der Waals surface area contributed by atoms with Crippen LogP contribution in [-0.2, 0) is 14.3 Å². The minimum Gasteiger partial charge on any atom is -0.462 e. The molecule has 0 spiro atoms. The van der Waals surface area contributed by atoms with E-state index in [1.165, 1.54) is 0 Å². The third-order valence-corrected chi connectivity index (χ3v) is 2.18. The SMILES string of the molecule is CCC(=O)OC1CC(COC)C1. The Balaban J connectivity index is 2.05. The van der Waals surface area contributed by atoms with Crippen molar-refractivity contribution in [3.8, 4) is 0 Å². The van der Waals surface area contributed by atoms with Crippen LogP contribution in [0.15, 0.2) is 0 Å². The molecule has 0 radical (unpaired) electrons. The molecule has 0 atom stereocenters. The molecule has 12 heavy (non-hydrogen) atoms. The van der Waals surface area contributed by atoms with E-state index < -0.39 is 0 Å². The summed E-state index contributed by atoms with van der Waals surface area (Å²) in [5.41, 5.74) is 0. The second-order valence-electron chi connectivity index (χ2n) is 3.26. The molecule has 0 unspecified atom stereocenters. The Morgan fingerprint density at radius 3 is 2.67 bits per heavy atom. The fourth-order valence-electron chi connectivity index (χ4n) is 1.41. The Hall–Kier alpha value is -0.570. The van der Waals surface area contributed by atoms with Crippen molar-refractivity contribution in [3.05, 3.63) is 0 Å². The first-order valence-corrected chi connectivity index (χ1v) is 4.44. The maximum atomic E-state index is 10.8. The number of esters is 1. The molecule has 0 amide bonds. The van der Waals surface area contributed by atoms with Gasteiger partial charge in [-0.1, -0.05) is 6.92 Å². The number of rotatable bonds is 4. The first-order chi connectivity index (χ1) is 5.76. The third kappa shape index (κ3) is 2.48. The first-order valence-electron chi connectivity index (χ1n) is 4.44. The van der Waals surface area contributed by atoms with Crippen molar-refractivity contribution >= 4 is 5.97 Å². The van der Waals surface area contributed by atoms with Crippen LogP contribution in [-0.4, -0.2) is 25.8 Å². The number of methoxy groups -OCH3 is 1. The van der Waals surface area contributed by atoms with Gasteiger partial charge in [-0.3, -0.25) is 4.79 Å². The van der Waals surface area contributed by atoms with Gasteiger partial charge in [-0.15, -0.1) is 0 Å². The molecular formula is C9H16O3. The second kappa shape index (κ2) is 4.45. The fourth-order valence-corrected chi connectivity index (χ4v) is 1.41. The van der Waals surface area contributed by atoms with Gasteiger partial charge in [-0.25, -0.2) is 0 Å². The van der Waals surface area contributed by atoms with E-state index in [-0.39, 0.29) is 12.1 Å². The van der Waals surface area contributed by atoms with Crippen molar-refractivity contribution in [2.75, 3.05) is 13.7 Å². The summed E-state index contributed by atoms with van der Waals surface area (Å²) in [7, 11) is 1.70. The van der Waals surface area contributed by atoms with Crippen LogP contribution in [0.5, 0.6) is 0 Å². The van der Waals surface area contributed by atoms with Crippen LogP contribution in [0.1, 0.15) is 26.2 Å². The van der Waals surface area contributed by atoms with Gasteiger partial charge in [0.1, 0.15) is 6.10 Å². The van der Waals surface area contributed by atoms with Crippen LogP contribution in [0, 0.1) is 5.92 Å². The van der Waals surface area contributed by atoms with Crippen molar-refractivity contribution in [1.82, 2.24) is 0 Å². The molecule has 0 aromatic rings. The highest BCUT2D eigenvalue weighted by Gasteiger charge is 2.31. The Morgan fingerprint density at radius 2 is 2.17 bits per heavy atom. The molecule has 1 fully saturated rings. The van der Waals surface area contributed by atoms with Gasteiger partial charge < -0.3 is 9.47 Å². The summed E-state index contributed by atoms with van der Waals surface area (Å²) in [5, 5.41) is 0. The van der Waals surface area contributed by atoms with Crippen LogP contribution in [0.3, 0.4) is 0 Å². The van der Waals surface area contributed by atoms with E-state index >= 15 is 0 Å². The van der Waals surface area contributed by atoms with E-state index in [0.717, 1.165) is 19.4 Å². The van der Waals surface area contributed by atoms with Crippen molar-refractivity contribution < 1.29 is 14.3 Å². The molecule has 0 aromatic heterocycles. The van der Waals surface area contributed by atoms with Crippen molar-refractivity contribution in [2.24, 2.45) is 5.92 Å². The van der Waals surface area contributed by atoms with Gasteiger partial charge in [0, 0.05) is 20.1 Å². The quantitative estimate of drug-likeness (QED) is 0.601. The maximum Gasteiger partial charge on any atom is 0.305 e. The fraction of sp³-hybridized carbons (Fsp3) is 0.889. The summed E-state index contributed by atoms with van der Waals surface area (Å²) in [6.07, 6.45) is 2.59. The zero-order chi connectivity index (χ0) is 8.97. The van der Waals surface area contributed by atoms with Crippen LogP contribution < -0.4 is 0 Å². The molecule has 1 saturated carbocycles. The summed E-state index contributed by atoms with van der Waals surface area (Å²) in [6, 6.07) is 0. The summed E-state index contributed by atoms with van der Waals surface area (Å²) >= 11 is 0. The molecule has 0 aliphatic heterocycles. The highest BCUT2D eigenvalue weighted by atomic mass is 16.5. The molecule has 0 heterocycles. The molecule has 70 valence electrons. The molecule has 0 bridgehead atoms. The van der Waals surface area contributed by atoms with Gasteiger partial charge in [0.2, 0.25) is 0 Å². The maximum absolute atomic E-state index is 10.8. The number of hydrogen-bond acceptors (Lipinski definition) is 3. The summed E-state index contributed by atoms with van der Waals surface area (Å²) in [6.45, 7) is 2.60. The highest BCUT2D eigenvalue weighted by molar-refractivity contribution is 5.69. The molecule has 1 rings (SSSR count). The lowest BCUT2D eigenvalue weighted by Gasteiger charge is -2.33. The van der Waals surface area contributed by atoms with Gasteiger partial charge in [-0.05, 0) is 18.8 Å². The van der Waals surface area contributed by atoms with Gasteiger partial charge in [0.15, 0.2) is 0 Å². The Labute approximate surface area is 73.0 Å². The topological polar surface area (TPSA) is 35.5 Å². The van der Waals surface area contributed by atoms with Crippen molar-refractivity contribution in [3.63, 3.8) is 0 Å². The summed E-state index contributed by atoms with van der Waals surface area (Å²) in [4.78, 5) is 10.8. The Bertz CT molecular complexity index is 150. The number of ether oxygens (including phenoxy) is 2. The smallest absolute Gasteiger partial charge is 0.305 e. The predicted octanol–water partition coefficient (Wildman–Crippen LogP) is 1.36. The average molecular weight is 172 g/mol. The Kier molecular flexibility index (Phi) is 3.53. The molecule has 3 nitrogen and oxygen atoms in total. The van der Waals surface area contributed by atoms with Crippen LogP contribution in [0.2, 0.25) is 0 Å². The van der Waals surface area contributed by atoms with Gasteiger partial charge in [0.25, 0.3) is 0 Å².